The molecule has 2 N–H and O–H groups in total. The number of nitrogens with zero attached hydrogens (tertiary/aromatic N) is 1. The van der Waals surface area contributed by atoms with Crippen LogP contribution in [-0.4, -0.2) is 47.7 Å². The molecule has 0 bridgehead atoms. The molecule has 20 heavy (non-hydrogen) atoms. The molecule has 0 saturated carbocycles. The zero-order valence-electron chi connectivity index (χ0n) is 14.4. The van der Waals surface area contributed by atoms with Gasteiger partial charge in [0, 0.05) is 12.6 Å². The zero-order chi connectivity index (χ0) is 16.0. The topological polar surface area (TPSA) is 52.6 Å². The summed E-state index contributed by atoms with van der Waals surface area (Å²) < 4.78 is 0. The Morgan fingerprint density at radius 1 is 1.30 bits per heavy atom. The number of carbonyl (C=O) groups is 1. The number of carboxylic acids is 1. The van der Waals surface area contributed by atoms with E-state index < -0.39 is 11.5 Å². The van der Waals surface area contributed by atoms with Gasteiger partial charge >= 0.3 is 5.97 Å². The number of nitrogens with one attached hydrogen (secondary N) is 1. The fraction of sp³-hybridized carbons (Fsp3) is 0.938. The molecule has 0 rings (SSSR count). The first-order valence-corrected chi connectivity index (χ1v) is 7.72. The highest BCUT2D eigenvalue weighted by Gasteiger charge is 2.36. The second-order valence-electron chi connectivity index (χ2n) is 7.44. The summed E-state index contributed by atoms with van der Waals surface area (Å²) in [7, 11) is 2.11. The van der Waals surface area contributed by atoms with E-state index in [0.29, 0.717) is 12.8 Å². The lowest BCUT2D eigenvalue weighted by Gasteiger charge is -2.33. The van der Waals surface area contributed by atoms with Crippen LogP contribution in [0.3, 0.4) is 0 Å². The smallest absolute Gasteiger partial charge is 0.323 e. The Balaban J connectivity index is 4.45. The van der Waals surface area contributed by atoms with Crippen molar-refractivity contribution < 1.29 is 9.90 Å². The van der Waals surface area contributed by atoms with Crippen molar-refractivity contribution in [1.82, 2.24) is 10.2 Å². The van der Waals surface area contributed by atoms with Crippen molar-refractivity contribution in [2.24, 2.45) is 5.41 Å². The molecular formula is C16H34N2O2. The maximum Gasteiger partial charge on any atom is 0.323 e. The van der Waals surface area contributed by atoms with Crippen LogP contribution in [0.5, 0.6) is 0 Å². The van der Waals surface area contributed by atoms with Crippen molar-refractivity contribution in [1.29, 1.82) is 0 Å². The molecule has 0 amide bonds. The van der Waals surface area contributed by atoms with Crippen molar-refractivity contribution in [3.8, 4) is 0 Å². The van der Waals surface area contributed by atoms with Gasteiger partial charge in [0.2, 0.25) is 0 Å². The maximum absolute atomic E-state index is 11.6. The summed E-state index contributed by atoms with van der Waals surface area (Å²) in [4.78, 5) is 13.9. The van der Waals surface area contributed by atoms with E-state index in [1.807, 2.05) is 20.8 Å². The Morgan fingerprint density at radius 2 is 1.85 bits per heavy atom. The van der Waals surface area contributed by atoms with Gasteiger partial charge in [-0.15, -0.1) is 0 Å². The fourth-order valence-electron chi connectivity index (χ4n) is 2.76. The fourth-order valence-corrected chi connectivity index (χ4v) is 2.76. The number of hydrogen-bond donors (Lipinski definition) is 2. The van der Waals surface area contributed by atoms with E-state index in [2.05, 4.69) is 38.0 Å². The SMILES string of the molecule is CCC(CCCN(C)CC(C)(C)C)(NC(C)C)C(=O)O. The van der Waals surface area contributed by atoms with Crippen molar-refractivity contribution in [2.75, 3.05) is 20.1 Å². The Hall–Kier alpha value is -0.610. The lowest BCUT2D eigenvalue weighted by molar-refractivity contribution is -0.145. The Kier molecular flexibility index (Phi) is 7.74. The van der Waals surface area contributed by atoms with Gasteiger partial charge in [0.05, 0.1) is 0 Å². The van der Waals surface area contributed by atoms with E-state index in [1.165, 1.54) is 0 Å². The molecule has 0 fully saturated rings. The van der Waals surface area contributed by atoms with Gasteiger partial charge < -0.3 is 10.0 Å². The van der Waals surface area contributed by atoms with Gasteiger partial charge in [-0.05, 0) is 52.1 Å². The third kappa shape index (κ3) is 7.25. The predicted octanol–water partition coefficient (Wildman–Crippen LogP) is 2.98. The van der Waals surface area contributed by atoms with Gasteiger partial charge in [-0.25, -0.2) is 0 Å². The van der Waals surface area contributed by atoms with E-state index in [4.69, 9.17) is 0 Å². The molecule has 0 spiro atoms. The van der Waals surface area contributed by atoms with Crippen molar-refractivity contribution in [3.05, 3.63) is 0 Å². The van der Waals surface area contributed by atoms with Crippen LogP contribution in [0.15, 0.2) is 0 Å². The first-order chi connectivity index (χ1) is 9.02. The van der Waals surface area contributed by atoms with E-state index in [1.54, 1.807) is 0 Å². The Labute approximate surface area is 124 Å². The van der Waals surface area contributed by atoms with Crippen LogP contribution in [0.1, 0.15) is 60.8 Å². The van der Waals surface area contributed by atoms with Crippen LogP contribution in [0.4, 0.5) is 0 Å². The first-order valence-electron chi connectivity index (χ1n) is 7.72. The molecule has 0 radical (unpaired) electrons. The highest BCUT2D eigenvalue weighted by molar-refractivity contribution is 5.78. The maximum atomic E-state index is 11.6. The molecule has 0 saturated heterocycles. The number of rotatable bonds is 9. The normalized spacial score (nSPS) is 15.7. The summed E-state index contributed by atoms with van der Waals surface area (Å²) in [6.07, 6.45) is 2.18. The molecule has 1 atom stereocenters. The minimum atomic E-state index is -0.781. The summed E-state index contributed by atoms with van der Waals surface area (Å²) in [6.45, 7) is 14.6. The van der Waals surface area contributed by atoms with Gasteiger partial charge in [0.1, 0.15) is 5.54 Å². The quantitative estimate of drug-likeness (QED) is 0.684. The van der Waals surface area contributed by atoms with Gasteiger partial charge in [0.15, 0.2) is 0 Å². The molecule has 0 heterocycles. The highest BCUT2D eigenvalue weighted by atomic mass is 16.4. The van der Waals surface area contributed by atoms with Crippen molar-refractivity contribution >= 4 is 5.97 Å². The van der Waals surface area contributed by atoms with Crippen molar-refractivity contribution in [3.63, 3.8) is 0 Å². The van der Waals surface area contributed by atoms with E-state index in [9.17, 15) is 9.90 Å². The lowest BCUT2D eigenvalue weighted by atomic mass is 9.89. The number of hydrogen-bond acceptors (Lipinski definition) is 3. The van der Waals surface area contributed by atoms with Crippen LogP contribution >= 0.6 is 0 Å². The third-order valence-electron chi connectivity index (χ3n) is 3.47. The predicted molar refractivity (Wildman–Crippen MR) is 85.1 cm³/mol. The second kappa shape index (κ2) is 7.99. The van der Waals surface area contributed by atoms with Crippen LogP contribution in [0, 0.1) is 5.41 Å². The van der Waals surface area contributed by atoms with Crippen molar-refractivity contribution in [2.45, 2.75) is 72.4 Å². The first kappa shape index (κ1) is 19.4. The molecular weight excluding hydrogens is 252 g/mol. The Bertz CT molecular complexity index is 297. The van der Waals surface area contributed by atoms with Gasteiger partial charge in [-0.1, -0.05) is 27.7 Å². The summed E-state index contributed by atoms with van der Waals surface area (Å²) in [5.41, 5.74) is -0.504. The molecule has 1 unspecified atom stereocenters. The summed E-state index contributed by atoms with van der Waals surface area (Å²) in [5, 5.41) is 12.8. The van der Waals surface area contributed by atoms with Gasteiger partial charge in [-0.3, -0.25) is 10.1 Å². The summed E-state index contributed by atoms with van der Waals surface area (Å²) >= 11 is 0. The molecule has 0 aromatic rings. The average molecular weight is 286 g/mol. The molecule has 120 valence electrons. The molecule has 0 aliphatic heterocycles. The molecule has 0 aromatic carbocycles. The van der Waals surface area contributed by atoms with E-state index in [-0.39, 0.29) is 11.5 Å². The zero-order valence-corrected chi connectivity index (χ0v) is 14.4. The summed E-state index contributed by atoms with van der Waals surface area (Å²) in [6, 6.07) is 0.179. The highest BCUT2D eigenvalue weighted by Crippen LogP contribution is 2.20. The molecule has 0 aromatic heterocycles. The summed E-state index contributed by atoms with van der Waals surface area (Å²) in [5.74, 6) is -0.729. The van der Waals surface area contributed by atoms with E-state index >= 15 is 0 Å². The van der Waals surface area contributed by atoms with Crippen LogP contribution in [0.25, 0.3) is 0 Å². The molecule has 0 aliphatic carbocycles. The lowest BCUT2D eigenvalue weighted by Crippen LogP contribution is -2.54. The minimum Gasteiger partial charge on any atom is -0.480 e. The van der Waals surface area contributed by atoms with E-state index in [0.717, 1.165) is 19.5 Å². The van der Waals surface area contributed by atoms with Crippen LogP contribution in [-0.2, 0) is 4.79 Å². The minimum absolute atomic E-state index is 0.179. The molecule has 4 heteroatoms. The van der Waals surface area contributed by atoms with Gasteiger partial charge in [0.25, 0.3) is 0 Å². The number of aliphatic carboxylic acids is 1. The van der Waals surface area contributed by atoms with Crippen LogP contribution < -0.4 is 5.32 Å². The van der Waals surface area contributed by atoms with Gasteiger partial charge in [-0.2, -0.15) is 0 Å². The number of carboxylic acid groups (broad SMARTS) is 1. The van der Waals surface area contributed by atoms with Crippen LogP contribution in [0.2, 0.25) is 0 Å². The largest absolute Gasteiger partial charge is 0.480 e. The monoisotopic (exact) mass is 286 g/mol. The third-order valence-corrected chi connectivity index (χ3v) is 3.47. The second-order valence-corrected chi connectivity index (χ2v) is 7.44. The Morgan fingerprint density at radius 3 is 2.20 bits per heavy atom. The average Bonchev–Trinajstić information content (AvgIpc) is 2.24. The molecule has 4 nitrogen and oxygen atoms in total. The molecule has 0 aliphatic rings. The standard InChI is InChI=1S/C16H34N2O2/c1-8-16(14(19)20,17-13(2)3)10-9-11-18(7)12-15(4,5)6/h13,17H,8-12H2,1-7H3,(H,19,20).